The Morgan fingerprint density at radius 1 is 1.27 bits per heavy atom. The molecule has 0 amide bonds. The summed E-state index contributed by atoms with van der Waals surface area (Å²) in [6, 6.07) is 3.29. The molecule has 0 aliphatic carbocycles. The molecule has 0 unspecified atom stereocenters. The second-order valence-corrected chi connectivity index (χ2v) is 5.55. The van der Waals surface area contributed by atoms with Crippen LogP contribution in [-0.4, -0.2) is 15.1 Å². The molecule has 0 radical (unpaired) electrons. The van der Waals surface area contributed by atoms with Crippen molar-refractivity contribution in [2.45, 2.75) is 13.8 Å². The monoisotopic (exact) mass is 337 g/mol. The van der Waals surface area contributed by atoms with Gasteiger partial charge in [-0.15, -0.1) is 0 Å². The van der Waals surface area contributed by atoms with Gasteiger partial charge >= 0.3 is 5.69 Å². The number of nitro groups is 1. The first-order valence-electron chi connectivity index (χ1n) is 6.25. The van der Waals surface area contributed by atoms with Crippen LogP contribution in [0.25, 0.3) is 22.0 Å². The van der Waals surface area contributed by atoms with Gasteiger partial charge in [-0.3, -0.25) is 10.1 Å². The van der Waals surface area contributed by atoms with E-state index in [9.17, 15) is 10.1 Å². The summed E-state index contributed by atoms with van der Waals surface area (Å²) < 4.78 is 5.15. The number of aryl methyl sites for hydroxylation is 2. The fraction of sp³-hybridized carbons (Fsp3) is 0.143. The maximum absolute atomic E-state index is 10.9. The molecule has 3 rings (SSSR count). The summed E-state index contributed by atoms with van der Waals surface area (Å²) in [7, 11) is 0. The summed E-state index contributed by atoms with van der Waals surface area (Å²) in [4.78, 5) is 14.4. The van der Waals surface area contributed by atoms with Crippen LogP contribution in [0.1, 0.15) is 11.5 Å². The van der Waals surface area contributed by atoms with Crippen LogP contribution in [-0.2, 0) is 0 Å². The standard InChI is InChI=1S/C14H9Cl2N3O3/c1-6-13(7(2)22-18-6)8-4-11-9(3-10(8)15)14(16)12(5-17-11)19(20)21/h3-5H,1-2H3. The molecule has 0 fully saturated rings. The lowest BCUT2D eigenvalue weighted by atomic mass is 10.0. The molecular formula is C14H9Cl2N3O3. The van der Waals surface area contributed by atoms with Crippen LogP contribution in [0.2, 0.25) is 10.0 Å². The van der Waals surface area contributed by atoms with E-state index in [1.165, 1.54) is 0 Å². The van der Waals surface area contributed by atoms with E-state index in [-0.39, 0.29) is 10.7 Å². The van der Waals surface area contributed by atoms with E-state index < -0.39 is 4.92 Å². The van der Waals surface area contributed by atoms with Crippen LogP contribution in [0.5, 0.6) is 0 Å². The third kappa shape index (κ3) is 2.20. The summed E-state index contributed by atoms with van der Waals surface area (Å²) in [5.41, 5.74) is 2.43. The number of nitrogens with zero attached hydrogens (tertiary/aromatic N) is 3. The van der Waals surface area contributed by atoms with Crippen molar-refractivity contribution in [1.29, 1.82) is 0 Å². The molecule has 0 atom stereocenters. The number of rotatable bonds is 2. The van der Waals surface area contributed by atoms with E-state index in [1.807, 2.05) is 6.92 Å². The van der Waals surface area contributed by atoms with E-state index in [4.69, 9.17) is 27.7 Å². The van der Waals surface area contributed by atoms with Gasteiger partial charge < -0.3 is 4.52 Å². The van der Waals surface area contributed by atoms with Crippen molar-refractivity contribution in [3.8, 4) is 11.1 Å². The molecule has 0 spiro atoms. The summed E-state index contributed by atoms with van der Waals surface area (Å²) in [6.45, 7) is 3.59. The molecule has 112 valence electrons. The lowest BCUT2D eigenvalue weighted by molar-refractivity contribution is -0.384. The Balaban J connectivity index is 2.31. The second kappa shape index (κ2) is 5.23. The van der Waals surface area contributed by atoms with Gasteiger partial charge in [-0.05, 0) is 26.0 Å². The predicted molar refractivity (Wildman–Crippen MR) is 83.4 cm³/mol. The number of benzene rings is 1. The van der Waals surface area contributed by atoms with Crippen molar-refractivity contribution < 1.29 is 9.45 Å². The normalized spacial score (nSPS) is 11.1. The molecule has 22 heavy (non-hydrogen) atoms. The summed E-state index contributed by atoms with van der Waals surface area (Å²) in [6.07, 6.45) is 1.13. The highest BCUT2D eigenvalue weighted by Crippen LogP contribution is 2.39. The average Bonchev–Trinajstić information content (AvgIpc) is 2.78. The maximum Gasteiger partial charge on any atom is 0.306 e. The Labute approximate surface area is 134 Å². The molecule has 0 bridgehead atoms. The maximum atomic E-state index is 10.9. The second-order valence-electron chi connectivity index (χ2n) is 4.76. The minimum absolute atomic E-state index is 0.0159. The lowest BCUT2D eigenvalue weighted by Crippen LogP contribution is -1.93. The lowest BCUT2D eigenvalue weighted by Gasteiger charge is -2.07. The van der Waals surface area contributed by atoms with Crippen molar-refractivity contribution in [3.63, 3.8) is 0 Å². The third-order valence-electron chi connectivity index (χ3n) is 3.37. The summed E-state index contributed by atoms with van der Waals surface area (Å²) in [5, 5.41) is 15.7. The largest absolute Gasteiger partial charge is 0.361 e. The molecule has 0 saturated carbocycles. The van der Waals surface area contributed by atoms with E-state index in [2.05, 4.69) is 10.1 Å². The van der Waals surface area contributed by atoms with Gasteiger partial charge in [0.15, 0.2) is 0 Å². The van der Waals surface area contributed by atoms with Crippen LogP contribution in [0.4, 0.5) is 5.69 Å². The van der Waals surface area contributed by atoms with Gasteiger partial charge in [0.25, 0.3) is 0 Å². The molecular weight excluding hydrogens is 329 g/mol. The van der Waals surface area contributed by atoms with Gasteiger partial charge in [0.2, 0.25) is 0 Å². The quantitative estimate of drug-likeness (QED) is 0.499. The van der Waals surface area contributed by atoms with Crippen molar-refractivity contribution in [2.75, 3.05) is 0 Å². The Morgan fingerprint density at radius 2 is 2.00 bits per heavy atom. The molecule has 0 saturated heterocycles. The highest BCUT2D eigenvalue weighted by molar-refractivity contribution is 6.39. The van der Waals surface area contributed by atoms with E-state index in [0.717, 1.165) is 11.8 Å². The van der Waals surface area contributed by atoms with Gasteiger partial charge in [0, 0.05) is 21.5 Å². The van der Waals surface area contributed by atoms with Gasteiger partial charge in [0.05, 0.1) is 16.1 Å². The third-order valence-corrected chi connectivity index (χ3v) is 4.08. The van der Waals surface area contributed by atoms with Crippen molar-refractivity contribution in [1.82, 2.24) is 10.1 Å². The van der Waals surface area contributed by atoms with Crippen molar-refractivity contribution in [3.05, 3.63) is 49.9 Å². The van der Waals surface area contributed by atoms with Crippen molar-refractivity contribution >= 4 is 39.8 Å². The van der Waals surface area contributed by atoms with Crippen LogP contribution in [0.3, 0.4) is 0 Å². The smallest absolute Gasteiger partial charge is 0.306 e. The van der Waals surface area contributed by atoms with Crippen molar-refractivity contribution in [2.24, 2.45) is 0 Å². The first kappa shape index (κ1) is 14.7. The average molecular weight is 338 g/mol. The van der Waals surface area contributed by atoms with E-state index >= 15 is 0 Å². The summed E-state index contributed by atoms with van der Waals surface area (Å²) in [5.74, 6) is 0.631. The van der Waals surface area contributed by atoms with Crippen LogP contribution < -0.4 is 0 Å². The SMILES string of the molecule is Cc1noc(C)c1-c1cc2ncc([N+](=O)[O-])c(Cl)c2cc1Cl. The Bertz CT molecular complexity index is 902. The van der Waals surface area contributed by atoms with Gasteiger partial charge in [-0.1, -0.05) is 28.4 Å². The van der Waals surface area contributed by atoms with E-state index in [0.29, 0.717) is 32.9 Å². The van der Waals surface area contributed by atoms with Gasteiger partial charge in [-0.25, -0.2) is 4.98 Å². The molecule has 2 heterocycles. The zero-order valence-electron chi connectivity index (χ0n) is 11.6. The minimum Gasteiger partial charge on any atom is -0.361 e. The fourth-order valence-electron chi connectivity index (χ4n) is 2.36. The predicted octanol–water partition coefficient (Wildman–Crippen LogP) is 4.72. The van der Waals surface area contributed by atoms with Gasteiger partial charge in [-0.2, -0.15) is 0 Å². The van der Waals surface area contributed by atoms with Gasteiger partial charge in [0.1, 0.15) is 17.0 Å². The van der Waals surface area contributed by atoms with Crippen LogP contribution in [0.15, 0.2) is 22.9 Å². The molecule has 1 aromatic carbocycles. The zero-order valence-corrected chi connectivity index (χ0v) is 13.1. The Morgan fingerprint density at radius 3 is 2.59 bits per heavy atom. The molecule has 3 aromatic rings. The highest BCUT2D eigenvalue weighted by atomic mass is 35.5. The first-order chi connectivity index (χ1) is 10.4. The number of hydrogen-bond donors (Lipinski definition) is 0. The highest BCUT2D eigenvalue weighted by Gasteiger charge is 2.20. The molecule has 0 N–H and O–H groups in total. The number of hydrogen-bond acceptors (Lipinski definition) is 5. The first-order valence-corrected chi connectivity index (χ1v) is 7.01. The Kier molecular flexibility index (Phi) is 3.50. The summed E-state index contributed by atoms with van der Waals surface area (Å²) >= 11 is 12.4. The minimum atomic E-state index is -0.578. The number of fused-ring (bicyclic) bond motifs is 1. The molecule has 8 heteroatoms. The number of aromatic nitrogens is 2. The number of halogens is 2. The molecule has 2 aromatic heterocycles. The van der Waals surface area contributed by atoms with E-state index in [1.54, 1.807) is 19.1 Å². The molecule has 6 nitrogen and oxygen atoms in total. The van der Waals surface area contributed by atoms with Crippen LogP contribution >= 0.6 is 23.2 Å². The Hall–Kier alpha value is -2.18. The molecule has 0 aliphatic rings. The number of pyridine rings is 1. The molecule has 0 aliphatic heterocycles. The van der Waals surface area contributed by atoms with Crippen LogP contribution in [0, 0.1) is 24.0 Å². The zero-order chi connectivity index (χ0) is 16.0. The fourth-order valence-corrected chi connectivity index (χ4v) is 2.88. The topological polar surface area (TPSA) is 82.1 Å².